The predicted molar refractivity (Wildman–Crippen MR) is 91.5 cm³/mol. The lowest BCUT2D eigenvalue weighted by Crippen LogP contribution is -2.57. The Balaban J connectivity index is 1.57. The summed E-state index contributed by atoms with van der Waals surface area (Å²) >= 11 is 7.40. The molecule has 0 radical (unpaired) electrons. The molecular weight excluding hydrogens is 394 g/mol. The molecule has 1 amide bonds. The number of nitrogens with one attached hydrogen (secondary N) is 1. The van der Waals surface area contributed by atoms with Crippen molar-refractivity contribution in [2.45, 2.75) is 42.8 Å². The zero-order valence-corrected chi connectivity index (χ0v) is 15.0. The molecule has 21 heavy (non-hydrogen) atoms. The maximum atomic E-state index is 12.9. The standard InChI is InChI=1S/C17H19Br2NO/c18-13-1-3-14(4-2-13)20-15(21)16-6-11-5-12(7-16)9-17(19,8-11)10-16/h1-4,11-12H,5-10H2,(H,20,21)/t11-,12+,16?,17?. The first-order valence-electron chi connectivity index (χ1n) is 7.72. The Morgan fingerprint density at radius 1 is 1.10 bits per heavy atom. The number of hydrogen-bond donors (Lipinski definition) is 1. The Kier molecular flexibility index (Phi) is 3.27. The number of hydrogen-bond acceptors (Lipinski definition) is 1. The number of halogens is 2. The van der Waals surface area contributed by atoms with Gasteiger partial charge in [0.2, 0.25) is 5.91 Å². The van der Waals surface area contributed by atoms with Crippen LogP contribution in [0.4, 0.5) is 5.69 Å². The van der Waals surface area contributed by atoms with Crippen molar-refractivity contribution in [3.63, 3.8) is 0 Å². The van der Waals surface area contributed by atoms with Crippen LogP contribution in [0, 0.1) is 17.3 Å². The summed E-state index contributed by atoms with van der Waals surface area (Å²) < 4.78 is 1.27. The van der Waals surface area contributed by atoms with Crippen molar-refractivity contribution >= 4 is 43.5 Å². The Bertz CT molecular complexity index is 569. The average molecular weight is 413 g/mol. The van der Waals surface area contributed by atoms with Crippen LogP contribution in [-0.4, -0.2) is 10.2 Å². The molecule has 0 heterocycles. The molecule has 4 heteroatoms. The summed E-state index contributed by atoms with van der Waals surface area (Å²) in [6, 6.07) is 7.88. The predicted octanol–water partition coefficient (Wildman–Crippen LogP) is 5.12. The summed E-state index contributed by atoms with van der Waals surface area (Å²) in [7, 11) is 0. The van der Waals surface area contributed by atoms with E-state index in [-0.39, 0.29) is 15.6 Å². The third-order valence-electron chi connectivity index (χ3n) is 5.57. The first kappa shape index (κ1) is 14.3. The number of carbonyl (C=O) groups is 1. The number of rotatable bonds is 2. The topological polar surface area (TPSA) is 29.1 Å². The normalized spacial score (nSPS) is 40.3. The number of amides is 1. The molecule has 0 aliphatic heterocycles. The molecule has 2 unspecified atom stereocenters. The van der Waals surface area contributed by atoms with Gasteiger partial charge in [-0.3, -0.25) is 4.79 Å². The lowest BCUT2D eigenvalue weighted by atomic mass is 9.49. The van der Waals surface area contributed by atoms with Gasteiger partial charge in [-0.05, 0) is 74.6 Å². The van der Waals surface area contributed by atoms with Gasteiger partial charge < -0.3 is 5.32 Å². The summed E-state index contributed by atoms with van der Waals surface area (Å²) in [5, 5.41) is 3.16. The van der Waals surface area contributed by atoms with E-state index in [9.17, 15) is 4.79 Å². The summed E-state index contributed by atoms with van der Waals surface area (Å²) in [6.07, 6.45) is 7.03. The number of anilines is 1. The lowest BCUT2D eigenvalue weighted by Gasteiger charge is -2.59. The van der Waals surface area contributed by atoms with Crippen molar-refractivity contribution in [3.05, 3.63) is 28.7 Å². The second-order valence-electron chi connectivity index (χ2n) is 7.35. The summed E-state index contributed by atoms with van der Waals surface area (Å²) in [6.45, 7) is 0. The van der Waals surface area contributed by atoms with Gasteiger partial charge >= 0.3 is 0 Å². The highest BCUT2D eigenvalue weighted by Crippen LogP contribution is 2.64. The van der Waals surface area contributed by atoms with Gasteiger partial charge in [-0.25, -0.2) is 0 Å². The fourth-order valence-corrected chi connectivity index (χ4v) is 6.93. The maximum Gasteiger partial charge on any atom is 0.230 e. The van der Waals surface area contributed by atoms with Crippen LogP contribution < -0.4 is 5.32 Å². The molecule has 4 bridgehead atoms. The largest absolute Gasteiger partial charge is 0.326 e. The molecule has 1 N–H and O–H groups in total. The summed E-state index contributed by atoms with van der Waals surface area (Å²) in [5.74, 6) is 1.71. The minimum absolute atomic E-state index is 0.138. The van der Waals surface area contributed by atoms with E-state index in [0.717, 1.165) is 41.3 Å². The van der Waals surface area contributed by atoms with Gasteiger partial charge in [-0.15, -0.1) is 0 Å². The summed E-state index contributed by atoms with van der Waals surface area (Å²) in [4.78, 5) is 12.9. The highest BCUT2D eigenvalue weighted by molar-refractivity contribution is 9.10. The molecule has 112 valence electrons. The second kappa shape index (κ2) is 4.82. The molecule has 4 aliphatic carbocycles. The third-order valence-corrected chi connectivity index (χ3v) is 7.03. The molecule has 4 fully saturated rings. The number of alkyl halides is 1. The van der Waals surface area contributed by atoms with E-state index in [1.54, 1.807) is 0 Å². The van der Waals surface area contributed by atoms with E-state index in [1.807, 2.05) is 24.3 Å². The van der Waals surface area contributed by atoms with E-state index in [2.05, 4.69) is 37.2 Å². The molecule has 2 nitrogen and oxygen atoms in total. The Labute approximate surface area is 142 Å². The smallest absolute Gasteiger partial charge is 0.230 e. The Morgan fingerprint density at radius 2 is 1.71 bits per heavy atom. The van der Waals surface area contributed by atoms with Crippen molar-refractivity contribution in [2.75, 3.05) is 5.32 Å². The van der Waals surface area contributed by atoms with Gasteiger partial charge in [0.05, 0.1) is 5.41 Å². The van der Waals surface area contributed by atoms with Gasteiger partial charge in [0.25, 0.3) is 0 Å². The van der Waals surface area contributed by atoms with Gasteiger partial charge in [-0.1, -0.05) is 31.9 Å². The first-order chi connectivity index (χ1) is 9.96. The zero-order chi connectivity index (χ0) is 14.7. The molecule has 4 aliphatic rings. The van der Waals surface area contributed by atoms with Crippen molar-refractivity contribution < 1.29 is 4.79 Å². The van der Waals surface area contributed by atoms with E-state index in [0.29, 0.717) is 0 Å². The number of carbonyl (C=O) groups excluding carboxylic acids is 1. The third kappa shape index (κ3) is 2.48. The highest BCUT2D eigenvalue weighted by atomic mass is 79.9. The molecule has 4 atom stereocenters. The van der Waals surface area contributed by atoms with Crippen molar-refractivity contribution in [1.82, 2.24) is 0 Å². The van der Waals surface area contributed by atoms with Gasteiger partial charge in [0, 0.05) is 14.5 Å². The monoisotopic (exact) mass is 411 g/mol. The van der Waals surface area contributed by atoms with Crippen LogP contribution in [0.3, 0.4) is 0 Å². The molecule has 4 saturated carbocycles. The molecule has 5 rings (SSSR count). The lowest BCUT2D eigenvalue weighted by molar-refractivity contribution is -0.138. The Morgan fingerprint density at radius 3 is 2.29 bits per heavy atom. The fourth-order valence-electron chi connectivity index (χ4n) is 5.21. The van der Waals surface area contributed by atoms with Crippen LogP contribution in [-0.2, 0) is 4.79 Å². The van der Waals surface area contributed by atoms with E-state index in [4.69, 9.17) is 0 Å². The van der Waals surface area contributed by atoms with Crippen molar-refractivity contribution in [3.8, 4) is 0 Å². The van der Waals surface area contributed by atoms with E-state index < -0.39 is 0 Å². The zero-order valence-electron chi connectivity index (χ0n) is 11.9. The Hall–Kier alpha value is -0.350. The highest BCUT2D eigenvalue weighted by Gasteiger charge is 2.59. The fraction of sp³-hybridized carbons (Fsp3) is 0.588. The van der Waals surface area contributed by atoms with Crippen LogP contribution >= 0.6 is 31.9 Å². The van der Waals surface area contributed by atoms with Crippen LogP contribution in [0.5, 0.6) is 0 Å². The molecule has 1 aromatic carbocycles. The van der Waals surface area contributed by atoms with Crippen LogP contribution in [0.15, 0.2) is 28.7 Å². The van der Waals surface area contributed by atoms with Gasteiger partial charge in [0.15, 0.2) is 0 Å². The molecule has 0 aromatic heterocycles. The van der Waals surface area contributed by atoms with Crippen LogP contribution in [0.2, 0.25) is 0 Å². The van der Waals surface area contributed by atoms with Crippen LogP contribution in [0.25, 0.3) is 0 Å². The molecule has 1 aromatic rings. The quantitative estimate of drug-likeness (QED) is 0.671. The SMILES string of the molecule is O=C(Nc1ccc(Br)cc1)C12C[C@@H]3C[C@@H](CC(Br)(C3)C1)C2. The minimum Gasteiger partial charge on any atom is -0.326 e. The van der Waals surface area contributed by atoms with Crippen molar-refractivity contribution in [1.29, 1.82) is 0 Å². The molecule has 0 saturated heterocycles. The van der Waals surface area contributed by atoms with Gasteiger partial charge in [0.1, 0.15) is 0 Å². The van der Waals surface area contributed by atoms with Gasteiger partial charge in [-0.2, -0.15) is 0 Å². The summed E-state index contributed by atoms with van der Waals surface area (Å²) in [5.41, 5.74) is 0.767. The van der Waals surface area contributed by atoms with Crippen molar-refractivity contribution in [2.24, 2.45) is 17.3 Å². The average Bonchev–Trinajstić information content (AvgIpc) is 2.38. The van der Waals surface area contributed by atoms with E-state index in [1.165, 1.54) is 19.3 Å². The molecule has 0 spiro atoms. The first-order valence-corrected chi connectivity index (χ1v) is 9.31. The second-order valence-corrected chi connectivity index (χ2v) is 9.95. The van der Waals surface area contributed by atoms with Crippen LogP contribution in [0.1, 0.15) is 38.5 Å². The minimum atomic E-state index is -0.138. The van der Waals surface area contributed by atoms with E-state index >= 15 is 0 Å². The molecular formula is C17H19Br2NO. The maximum absolute atomic E-state index is 12.9. The number of benzene rings is 1.